The number of rotatable bonds is 4. The van der Waals surface area contributed by atoms with Crippen LogP contribution < -0.4 is 5.73 Å². The largest absolute Gasteiger partial charge is 0.394 e. The van der Waals surface area contributed by atoms with Crippen molar-refractivity contribution in [2.75, 3.05) is 6.61 Å². The van der Waals surface area contributed by atoms with E-state index in [-0.39, 0.29) is 0 Å². The monoisotopic (exact) mass is 283 g/mol. The molecule has 1 heterocycles. The van der Waals surface area contributed by atoms with Crippen molar-refractivity contribution in [2.24, 2.45) is 5.73 Å². The Morgan fingerprint density at radius 1 is 1.00 bits per heavy atom. The molecule has 1 aromatic carbocycles. The van der Waals surface area contributed by atoms with Crippen molar-refractivity contribution in [1.82, 2.24) is 0 Å². The molecule has 1 aliphatic heterocycles. The predicted molar refractivity (Wildman–Crippen MR) is 71.8 cm³/mol. The maximum Gasteiger partial charge on any atom is 0.111 e. The average molecular weight is 283 g/mol. The van der Waals surface area contributed by atoms with Crippen molar-refractivity contribution in [1.29, 1.82) is 0 Å². The SMILES string of the molecule is NCc1cccc(C[C@@H]2O[C@H](CO)[C@@H](O)[C@H](O)[C@H]2O)c1. The van der Waals surface area contributed by atoms with Gasteiger partial charge in [0.2, 0.25) is 0 Å². The molecule has 0 aliphatic carbocycles. The van der Waals surface area contributed by atoms with E-state index in [4.69, 9.17) is 15.6 Å². The van der Waals surface area contributed by atoms with E-state index >= 15 is 0 Å². The van der Waals surface area contributed by atoms with Gasteiger partial charge in [-0.15, -0.1) is 0 Å². The summed E-state index contributed by atoms with van der Waals surface area (Å²) in [7, 11) is 0. The molecule has 0 saturated carbocycles. The highest BCUT2D eigenvalue weighted by Crippen LogP contribution is 2.24. The van der Waals surface area contributed by atoms with Crippen molar-refractivity contribution in [3.05, 3.63) is 35.4 Å². The van der Waals surface area contributed by atoms with Gasteiger partial charge in [0.25, 0.3) is 0 Å². The Balaban J connectivity index is 2.10. The van der Waals surface area contributed by atoms with E-state index in [1.807, 2.05) is 24.3 Å². The Bertz CT molecular complexity index is 439. The quantitative estimate of drug-likeness (QED) is 0.461. The Labute approximate surface area is 117 Å². The van der Waals surface area contributed by atoms with Gasteiger partial charge < -0.3 is 30.9 Å². The van der Waals surface area contributed by atoms with E-state index in [2.05, 4.69) is 0 Å². The Morgan fingerprint density at radius 2 is 1.65 bits per heavy atom. The predicted octanol–water partition coefficient (Wildman–Crippen LogP) is -1.47. The summed E-state index contributed by atoms with van der Waals surface area (Å²) >= 11 is 0. The first-order chi connectivity index (χ1) is 9.56. The normalized spacial score (nSPS) is 34.1. The molecule has 6 nitrogen and oxygen atoms in total. The highest BCUT2D eigenvalue weighted by molar-refractivity contribution is 5.24. The van der Waals surface area contributed by atoms with Gasteiger partial charge in [0.1, 0.15) is 24.4 Å². The van der Waals surface area contributed by atoms with Crippen LogP contribution in [0.25, 0.3) is 0 Å². The smallest absolute Gasteiger partial charge is 0.111 e. The van der Waals surface area contributed by atoms with Gasteiger partial charge in [-0.05, 0) is 11.1 Å². The number of aliphatic hydroxyl groups excluding tert-OH is 4. The molecule has 2 rings (SSSR count). The van der Waals surface area contributed by atoms with E-state index in [1.54, 1.807) is 0 Å². The minimum absolute atomic E-state index is 0.370. The lowest BCUT2D eigenvalue weighted by Gasteiger charge is -2.40. The summed E-state index contributed by atoms with van der Waals surface area (Å²) in [4.78, 5) is 0. The van der Waals surface area contributed by atoms with Crippen LogP contribution in [-0.2, 0) is 17.7 Å². The summed E-state index contributed by atoms with van der Waals surface area (Å²) in [6, 6.07) is 7.54. The highest BCUT2D eigenvalue weighted by atomic mass is 16.5. The van der Waals surface area contributed by atoms with Crippen LogP contribution in [0.1, 0.15) is 11.1 Å². The molecule has 0 amide bonds. The second-order valence-corrected chi connectivity index (χ2v) is 5.10. The van der Waals surface area contributed by atoms with Gasteiger partial charge in [-0.25, -0.2) is 0 Å². The van der Waals surface area contributed by atoms with Gasteiger partial charge in [-0.2, -0.15) is 0 Å². The Kier molecular flexibility index (Phi) is 5.09. The summed E-state index contributed by atoms with van der Waals surface area (Å²) in [5, 5.41) is 38.6. The Hall–Kier alpha value is -1.02. The lowest BCUT2D eigenvalue weighted by molar-refractivity contribution is -0.228. The molecule has 1 aliphatic rings. The molecule has 1 aromatic rings. The summed E-state index contributed by atoms with van der Waals surface area (Å²) < 4.78 is 5.47. The van der Waals surface area contributed by atoms with Crippen LogP contribution in [0.2, 0.25) is 0 Å². The highest BCUT2D eigenvalue weighted by Gasteiger charge is 2.43. The van der Waals surface area contributed by atoms with Gasteiger partial charge in [0.15, 0.2) is 0 Å². The number of hydrogen-bond acceptors (Lipinski definition) is 6. The van der Waals surface area contributed by atoms with Crippen LogP contribution in [0.3, 0.4) is 0 Å². The second kappa shape index (κ2) is 6.62. The Morgan fingerprint density at radius 3 is 2.30 bits per heavy atom. The first-order valence-corrected chi connectivity index (χ1v) is 6.65. The molecule has 6 N–H and O–H groups in total. The fraction of sp³-hybridized carbons (Fsp3) is 0.571. The van der Waals surface area contributed by atoms with Gasteiger partial charge in [-0.3, -0.25) is 0 Å². The molecule has 1 fully saturated rings. The third-order valence-corrected chi connectivity index (χ3v) is 3.66. The van der Waals surface area contributed by atoms with Gasteiger partial charge in [-0.1, -0.05) is 24.3 Å². The van der Waals surface area contributed by atoms with Gasteiger partial charge in [0, 0.05) is 13.0 Å². The fourth-order valence-electron chi connectivity index (χ4n) is 2.46. The summed E-state index contributed by atoms with van der Waals surface area (Å²) in [6.07, 6.45) is -5.02. The van der Waals surface area contributed by atoms with E-state index in [9.17, 15) is 15.3 Å². The van der Waals surface area contributed by atoms with Crippen molar-refractivity contribution < 1.29 is 25.2 Å². The minimum atomic E-state index is -1.33. The van der Waals surface area contributed by atoms with Crippen molar-refractivity contribution in [3.63, 3.8) is 0 Å². The molecule has 0 bridgehead atoms. The van der Waals surface area contributed by atoms with Gasteiger partial charge in [0.05, 0.1) is 12.7 Å². The molecule has 0 radical (unpaired) electrons. The number of nitrogens with two attached hydrogens (primary N) is 1. The first kappa shape index (κ1) is 15.4. The first-order valence-electron chi connectivity index (χ1n) is 6.65. The lowest BCUT2D eigenvalue weighted by atomic mass is 9.91. The molecule has 0 spiro atoms. The fourth-order valence-corrected chi connectivity index (χ4v) is 2.46. The zero-order chi connectivity index (χ0) is 14.7. The summed E-state index contributed by atoms with van der Waals surface area (Å²) in [5.74, 6) is 0. The topological polar surface area (TPSA) is 116 Å². The van der Waals surface area contributed by atoms with E-state index in [0.717, 1.165) is 11.1 Å². The lowest BCUT2D eigenvalue weighted by Crippen LogP contribution is -2.59. The molecular formula is C14H21NO5. The molecule has 112 valence electrons. The van der Waals surface area contributed by atoms with Crippen LogP contribution in [0, 0.1) is 0 Å². The number of hydrogen-bond donors (Lipinski definition) is 5. The minimum Gasteiger partial charge on any atom is -0.394 e. The average Bonchev–Trinajstić information content (AvgIpc) is 2.48. The third kappa shape index (κ3) is 3.17. The van der Waals surface area contributed by atoms with Crippen LogP contribution in [0.15, 0.2) is 24.3 Å². The van der Waals surface area contributed by atoms with E-state index < -0.39 is 37.1 Å². The molecule has 20 heavy (non-hydrogen) atoms. The van der Waals surface area contributed by atoms with Crippen LogP contribution in [0.5, 0.6) is 0 Å². The molecule has 1 saturated heterocycles. The summed E-state index contributed by atoms with van der Waals surface area (Å²) in [6.45, 7) is 0.00675. The van der Waals surface area contributed by atoms with Crippen molar-refractivity contribution in [2.45, 2.75) is 43.5 Å². The summed E-state index contributed by atoms with van der Waals surface area (Å²) in [5.41, 5.74) is 7.46. The number of ether oxygens (including phenoxy) is 1. The molecule has 6 heteroatoms. The van der Waals surface area contributed by atoms with Gasteiger partial charge >= 0.3 is 0 Å². The number of benzene rings is 1. The van der Waals surface area contributed by atoms with E-state index in [0.29, 0.717) is 13.0 Å². The second-order valence-electron chi connectivity index (χ2n) is 5.10. The molecule has 0 unspecified atom stereocenters. The zero-order valence-electron chi connectivity index (χ0n) is 11.1. The van der Waals surface area contributed by atoms with Crippen LogP contribution in [0.4, 0.5) is 0 Å². The standard InChI is InChI=1S/C14H21NO5/c15-6-9-3-1-2-8(4-9)5-10-12(17)14(19)13(18)11(7-16)20-10/h1-4,10-14,16-19H,5-7,15H2/t10-,11+,12-,13+,14+/m0/s1. The van der Waals surface area contributed by atoms with Crippen molar-refractivity contribution in [3.8, 4) is 0 Å². The maximum atomic E-state index is 9.97. The van der Waals surface area contributed by atoms with Crippen LogP contribution >= 0.6 is 0 Å². The molecule has 5 atom stereocenters. The molecule has 0 aromatic heterocycles. The third-order valence-electron chi connectivity index (χ3n) is 3.66. The molecular weight excluding hydrogens is 262 g/mol. The zero-order valence-corrected chi connectivity index (χ0v) is 11.1. The van der Waals surface area contributed by atoms with Crippen LogP contribution in [-0.4, -0.2) is 57.6 Å². The maximum absolute atomic E-state index is 9.97. The number of aliphatic hydroxyl groups is 4. The van der Waals surface area contributed by atoms with Crippen molar-refractivity contribution >= 4 is 0 Å². The van der Waals surface area contributed by atoms with E-state index in [1.165, 1.54) is 0 Å².